The minimum atomic E-state index is -0.110. The Hall–Kier alpha value is -2.54. The molecule has 2 aliphatic rings. The fourth-order valence-corrected chi connectivity index (χ4v) is 5.29. The number of aromatic nitrogens is 2. The summed E-state index contributed by atoms with van der Waals surface area (Å²) < 4.78 is 1.64. The van der Waals surface area contributed by atoms with Crippen LogP contribution >= 0.6 is 0 Å². The molecule has 7 heteroatoms. The van der Waals surface area contributed by atoms with Crippen LogP contribution in [-0.4, -0.2) is 42.8 Å². The number of nitrogen functional groups attached to an aromatic ring is 1. The van der Waals surface area contributed by atoms with Gasteiger partial charge in [0.25, 0.3) is 5.56 Å². The molecular weight excluding hydrogens is 376 g/mol. The Bertz CT molecular complexity index is 972. The lowest BCUT2D eigenvalue weighted by Crippen LogP contribution is -2.49. The van der Waals surface area contributed by atoms with Crippen molar-refractivity contribution in [3.8, 4) is 11.1 Å². The minimum absolute atomic E-state index is 0.110. The molecule has 1 saturated carbocycles. The van der Waals surface area contributed by atoms with Gasteiger partial charge >= 0.3 is 0 Å². The lowest BCUT2D eigenvalue weighted by Gasteiger charge is -2.43. The summed E-state index contributed by atoms with van der Waals surface area (Å²) >= 11 is 0. The fourth-order valence-electron chi connectivity index (χ4n) is 5.29. The standard InChI is InChI=1S/C23H34N6O/c1-15-9-10-23(19(15)24)11-13-29(14-12-23)22-26-20(25)18(21(30)28(22)4)16-5-7-17(8-6-16)27(2)3/h5-8,15,19H,9-14,24-25H2,1-4H3/t15-,19-/m1/s1. The Morgan fingerprint density at radius 2 is 1.77 bits per heavy atom. The van der Waals surface area contributed by atoms with Gasteiger partial charge in [-0.3, -0.25) is 9.36 Å². The van der Waals surface area contributed by atoms with Crippen LogP contribution in [0.2, 0.25) is 0 Å². The molecule has 1 aliphatic heterocycles. The van der Waals surface area contributed by atoms with Crippen LogP contribution in [0.1, 0.15) is 32.6 Å². The van der Waals surface area contributed by atoms with Gasteiger partial charge in [0.2, 0.25) is 5.95 Å². The van der Waals surface area contributed by atoms with Crippen molar-refractivity contribution in [2.75, 3.05) is 42.7 Å². The maximum absolute atomic E-state index is 13.2. The Morgan fingerprint density at radius 1 is 1.13 bits per heavy atom. The highest BCUT2D eigenvalue weighted by Crippen LogP contribution is 2.48. The molecule has 4 rings (SSSR count). The summed E-state index contributed by atoms with van der Waals surface area (Å²) in [5, 5.41) is 0. The smallest absolute Gasteiger partial charge is 0.264 e. The van der Waals surface area contributed by atoms with Gasteiger partial charge < -0.3 is 21.3 Å². The number of hydrogen-bond acceptors (Lipinski definition) is 6. The van der Waals surface area contributed by atoms with E-state index in [0.29, 0.717) is 17.4 Å². The molecule has 2 atom stereocenters. The molecule has 0 radical (unpaired) electrons. The number of nitrogens with two attached hydrogens (primary N) is 2. The molecule has 4 N–H and O–H groups in total. The molecule has 30 heavy (non-hydrogen) atoms. The highest BCUT2D eigenvalue weighted by Gasteiger charge is 2.46. The van der Waals surface area contributed by atoms with Crippen molar-refractivity contribution < 1.29 is 0 Å². The van der Waals surface area contributed by atoms with Crippen molar-refractivity contribution >= 4 is 17.5 Å². The third kappa shape index (κ3) is 3.35. The zero-order valence-corrected chi connectivity index (χ0v) is 18.6. The Morgan fingerprint density at radius 3 is 2.30 bits per heavy atom. The summed E-state index contributed by atoms with van der Waals surface area (Å²) in [6.07, 6.45) is 4.51. The number of hydrogen-bond donors (Lipinski definition) is 2. The third-order valence-corrected chi connectivity index (χ3v) is 7.43. The molecule has 1 aromatic carbocycles. The summed E-state index contributed by atoms with van der Waals surface area (Å²) in [5.74, 6) is 1.53. The largest absolute Gasteiger partial charge is 0.383 e. The molecule has 2 aromatic rings. The van der Waals surface area contributed by atoms with Gasteiger partial charge in [-0.05, 0) is 54.7 Å². The average molecular weight is 411 g/mol. The molecule has 7 nitrogen and oxygen atoms in total. The highest BCUT2D eigenvalue weighted by atomic mass is 16.1. The Kier molecular flexibility index (Phi) is 5.26. The van der Waals surface area contributed by atoms with E-state index in [4.69, 9.17) is 11.5 Å². The quantitative estimate of drug-likeness (QED) is 0.807. The van der Waals surface area contributed by atoms with Crippen LogP contribution < -0.4 is 26.8 Å². The average Bonchev–Trinajstić information content (AvgIpc) is 3.00. The summed E-state index contributed by atoms with van der Waals surface area (Å²) in [6.45, 7) is 3.98. The monoisotopic (exact) mass is 410 g/mol. The first kappa shape index (κ1) is 20.7. The number of nitrogens with zero attached hydrogens (tertiary/aromatic N) is 4. The molecule has 0 amide bonds. The summed E-state index contributed by atoms with van der Waals surface area (Å²) in [5.41, 5.74) is 15.3. The SMILES string of the molecule is C[C@@H]1CCC2(CCN(c3nc(N)c(-c4ccc(N(C)C)cc4)c(=O)n3C)CC2)[C@@H]1N. The first-order chi connectivity index (χ1) is 14.2. The summed E-state index contributed by atoms with van der Waals surface area (Å²) in [6, 6.07) is 8.10. The molecule has 1 aromatic heterocycles. The second kappa shape index (κ2) is 7.61. The number of anilines is 3. The topological polar surface area (TPSA) is 93.4 Å². The Balaban J connectivity index is 1.60. The van der Waals surface area contributed by atoms with Gasteiger partial charge in [0.05, 0.1) is 5.56 Å². The molecule has 1 saturated heterocycles. The van der Waals surface area contributed by atoms with Crippen LogP contribution in [0.5, 0.6) is 0 Å². The van der Waals surface area contributed by atoms with Crippen LogP contribution in [0.15, 0.2) is 29.1 Å². The lowest BCUT2D eigenvalue weighted by atomic mass is 9.73. The maximum atomic E-state index is 13.2. The van der Waals surface area contributed by atoms with Crippen LogP contribution in [-0.2, 0) is 7.05 Å². The number of rotatable bonds is 3. The van der Waals surface area contributed by atoms with Gasteiger partial charge in [-0.1, -0.05) is 19.1 Å². The van der Waals surface area contributed by atoms with Gasteiger partial charge in [-0.25, -0.2) is 0 Å². The van der Waals surface area contributed by atoms with Crippen LogP contribution in [0.25, 0.3) is 11.1 Å². The molecule has 162 valence electrons. The molecular formula is C23H34N6O. The van der Waals surface area contributed by atoms with E-state index in [2.05, 4.69) is 16.8 Å². The highest BCUT2D eigenvalue weighted by molar-refractivity contribution is 5.75. The maximum Gasteiger partial charge on any atom is 0.264 e. The van der Waals surface area contributed by atoms with Gasteiger partial charge in [0.15, 0.2) is 0 Å². The van der Waals surface area contributed by atoms with E-state index in [1.54, 1.807) is 11.6 Å². The first-order valence-corrected chi connectivity index (χ1v) is 10.9. The predicted octanol–water partition coefficient (Wildman–Crippen LogP) is 2.44. The van der Waals surface area contributed by atoms with Gasteiger partial charge in [0.1, 0.15) is 5.82 Å². The zero-order valence-electron chi connectivity index (χ0n) is 18.6. The normalized spacial score (nSPS) is 23.2. The van der Waals surface area contributed by atoms with E-state index in [1.807, 2.05) is 43.3 Å². The van der Waals surface area contributed by atoms with Crippen molar-refractivity contribution in [1.29, 1.82) is 0 Å². The van der Waals surface area contributed by atoms with Crippen LogP contribution in [0.3, 0.4) is 0 Å². The van der Waals surface area contributed by atoms with E-state index in [0.717, 1.165) is 37.2 Å². The van der Waals surface area contributed by atoms with E-state index in [1.165, 1.54) is 12.8 Å². The predicted molar refractivity (Wildman–Crippen MR) is 124 cm³/mol. The zero-order chi connectivity index (χ0) is 21.6. The van der Waals surface area contributed by atoms with E-state index < -0.39 is 0 Å². The fraction of sp³-hybridized carbons (Fsp3) is 0.565. The van der Waals surface area contributed by atoms with E-state index in [-0.39, 0.29) is 22.8 Å². The van der Waals surface area contributed by atoms with Crippen molar-refractivity contribution in [1.82, 2.24) is 9.55 Å². The van der Waals surface area contributed by atoms with E-state index >= 15 is 0 Å². The van der Waals surface area contributed by atoms with Crippen LogP contribution in [0, 0.1) is 11.3 Å². The second-order valence-electron chi connectivity index (χ2n) is 9.37. The first-order valence-electron chi connectivity index (χ1n) is 10.9. The lowest BCUT2D eigenvalue weighted by molar-refractivity contribution is 0.185. The molecule has 0 bridgehead atoms. The van der Waals surface area contributed by atoms with Crippen molar-refractivity contribution in [3.05, 3.63) is 34.6 Å². The molecule has 2 heterocycles. The minimum Gasteiger partial charge on any atom is -0.383 e. The van der Waals surface area contributed by atoms with Crippen molar-refractivity contribution in [2.24, 2.45) is 24.1 Å². The Labute approximate surface area is 178 Å². The van der Waals surface area contributed by atoms with Gasteiger partial charge in [0, 0.05) is 46.0 Å². The van der Waals surface area contributed by atoms with Gasteiger partial charge in [-0.2, -0.15) is 4.98 Å². The summed E-state index contributed by atoms with van der Waals surface area (Å²) in [4.78, 5) is 22.1. The number of piperidine rings is 1. The molecule has 0 unspecified atom stereocenters. The third-order valence-electron chi connectivity index (χ3n) is 7.43. The summed E-state index contributed by atoms with van der Waals surface area (Å²) in [7, 11) is 5.76. The van der Waals surface area contributed by atoms with Crippen molar-refractivity contribution in [2.45, 2.75) is 38.6 Å². The van der Waals surface area contributed by atoms with Crippen molar-refractivity contribution in [3.63, 3.8) is 0 Å². The molecule has 1 spiro atoms. The molecule has 2 fully saturated rings. The van der Waals surface area contributed by atoms with E-state index in [9.17, 15) is 4.79 Å². The second-order valence-corrected chi connectivity index (χ2v) is 9.37. The van der Waals surface area contributed by atoms with Gasteiger partial charge in [-0.15, -0.1) is 0 Å². The molecule has 1 aliphatic carbocycles. The number of benzene rings is 1. The van der Waals surface area contributed by atoms with Crippen LogP contribution in [0.4, 0.5) is 17.5 Å².